The lowest BCUT2D eigenvalue weighted by atomic mass is 9.90. The van der Waals surface area contributed by atoms with Crippen molar-refractivity contribution in [3.05, 3.63) is 41.9 Å². The van der Waals surface area contributed by atoms with E-state index >= 15 is 0 Å². The van der Waals surface area contributed by atoms with Gasteiger partial charge in [-0.15, -0.1) is 0 Å². The lowest BCUT2D eigenvalue weighted by Gasteiger charge is -2.20. The number of sulfone groups is 1. The Bertz CT molecular complexity index is 758. The average molecular weight is 304 g/mol. The number of hydrogen-bond acceptors (Lipinski definition) is 4. The van der Waals surface area contributed by atoms with Crippen LogP contribution in [0.2, 0.25) is 0 Å². The number of aryl methyl sites for hydroxylation is 1. The number of benzene rings is 1. The maximum atomic E-state index is 11.5. The van der Waals surface area contributed by atoms with Gasteiger partial charge in [0.1, 0.15) is 0 Å². The highest BCUT2D eigenvalue weighted by molar-refractivity contribution is 7.90. The number of hydrogen-bond donors (Lipinski definition) is 0. The Morgan fingerprint density at radius 1 is 1.05 bits per heavy atom. The van der Waals surface area contributed by atoms with E-state index in [9.17, 15) is 8.42 Å². The third-order valence-electron chi connectivity index (χ3n) is 3.24. The van der Waals surface area contributed by atoms with Crippen molar-refractivity contribution in [1.82, 2.24) is 9.97 Å². The van der Waals surface area contributed by atoms with E-state index in [0.29, 0.717) is 4.90 Å². The first kappa shape index (κ1) is 15.6. The first-order valence-electron chi connectivity index (χ1n) is 6.73. The maximum absolute atomic E-state index is 11.5. The van der Waals surface area contributed by atoms with Crippen LogP contribution < -0.4 is 0 Å². The maximum Gasteiger partial charge on any atom is 0.175 e. The number of rotatable bonds is 2. The Labute approximate surface area is 126 Å². The molecule has 1 aromatic carbocycles. The fourth-order valence-electron chi connectivity index (χ4n) is 2.17. The molecule has 0 aliphatic heterocycles. The van der Waals surface area contributed by atoms with Gasteiger partial charge < -0.3 is 0 Å². The second-order valence-corrected chi connectivity index (χ2v) is 8.25. The molecule has 4 nitrogen and oxygen atoms in total. The highest BCUT2D eigenvalue weighted by Crippen LogP contribution is 2.26. The molecule has 1 aromatic heterocycles. The fraction of sp³-hybridized carbons (Fsp3) is 0.375. The molecule has 21 heavy (non-hydrogen) atoms. The van der Waals surface area contributed by atoms with E-state index < -0.39 is 9.84 Å². The van der Waals surface area contributed by atoms with Gasteiger partial charge in [-0.05, 0) is 19.1 Å². The summed E-state index contributed by atoms with van der Waals surface area (Å²) in [7, 11) is -3.18. The van der Waals surface area contributed by atoms with Gasteiger partial charge in [-0.3, -0.25) is 4.98 Å². The van der Waals surface area contributed by atoms with Gasteiger partial charge in [-0.25, -0.2) is 13.4 Å². The highest BCUT2D eigenvalue weighted by Gasteiger charge is 2.20. The van der Waals surface area contributed by atoms with Gasteiger partial charge in [-0.2, -0.15) is 0 Å². The van der Waals surface area contributed by atoms with Gasteiger partial charge in [0.15, 0.2) is 9.84 Å². The van der Waals surface area contributed by atoms with Crippen molar-refractivity contribution < 1.29 is 8.42 Å². The average Bonchev–Trinajstić information content (AvgIpc) is 2.37. The van der Waals surface area contributed by atoms with E-state index in [2.05, 4.69) is 25.8 Å². The molecule has 0 spiro atoms. The van der Waals surface area contributed by atoms with Gasteiger partial charge in [0, 0.05) is 17.2 Å². The minimum atomic E-state index is -3.18. The Morgan fingerprint density at radius 3 is 2.10 bits per heavy atom. The molecule has 2 aromatic rings. The van der Waals surface area contributed by atoms with Crippen molar-refractivity contribution in [2.45, 2.75) is 38.0 Å². The standard InChI is InChI=1S/C16H20N2O2S/c1-11-15(16(2,3)4)18-14(10-17-11)12-6-8-13(9-7-12)21(5,19)20/h6-10H,1-5H3. The van der Waals surface area contributed by atoms with Gasteiger partial charge in [0.25, 0.3) is 0 Å². The van der Waals surface area contributed by atoms with E-state index in [4.69, 9.17) is 4.98 Å². The van der Waals surface area contributed by atoms with Crippen LogP contribution in [-0.4, -0.2) is 24.6 Å². The van der Waals surface area contributed by atoms with E-state index in [-0.39, 0.29) is 5.41 Å². The van der Waals surface area contributed by atoms with Crippen LogP contribution in [0.3, 0.4) is 0 Å². The summed E-state index contributed by atoms with van der Waals surface area (Å²) in [6.07, 6.45) is 2.92. The molecule has 0 saturated carbocycles. The SMILES string of the molecule is Cc1ncc(-c2ccc(S(C)(=O)=O)cc2)nc1C(C)(C)C. The summed E-state index contributed by atoms with van der Waals surface area (Å²) >= 11 is 0. The van der Waals surface area contributed by atoms with E-state index in [1.807, 2.05) is 6.92 Å². The monoisotopic (exact) mass is 304 g/mol. The normalized spacial score (nSPS) is 12.4. The molecular weight excluding hydrogens is 284 g/mol. The lowest BCUT2D eigenvalue weighted by molar-refractivity contribution is 0.560. The molecular formula is C16H20N2O2S. The Balaban J connectivity index is 2.48. The Hall–Kier alpha value is -1.75. The van der Waals surface area contributed by atoms with Crippen LogP contribution in [0.4, 0.5) is 0 Å². The van der Waals surface area contributed by atoms with Crippen LogP contribution in [0.5, 0.6) is 0 Å². The molecule has 112 valence electrons. The molecule has 0 aliphatic rings. The lowest BCUT2D eigenvalue weighted by Crippen LogP contribution is -2.16. The third kappa shape index (κ3) is 3.47. The molecule has 0 saturated heterocycles. The largest absolute Gasteiger partial charge is 0.257 e. The summed E-state index contributed by atoms with van der Waals surface area (Å²) in [6.45, 7) is 8.24. The van der Waals surface area contributed by atoms with Crippen molar-refractivity contribution in [3.63, 3.8) is 0 Å². The quantitative estimate of drug-likeness (QED) is 0.855. The topological polar surface area (TPSA) is 59.9 Å². The van der Waals surface area contributed by atoms with Gasteiger partial charge in [0.05, 0.1) is 28.2 Å². The van der Waals surface area contributed by atoms with Crippen molar-refractivity contribution in [2.24, 2.45) is 0 Å². The van der Waals surface area contributed by atoms with E-state index in [1.54, 1.807) is 30.5 Å². The van der Waals surface area contributed by atoms with Crippen LogP contribution >= 0.6 is 0 Å². The van der Waals surface area contributed by atoms with Crippen LogP contribution in [0.25, 0.3) is 11.3 Å². The molecule has 0 radical (unpaired) electrons. The van der Waals surface area contributed by atoms with Gasteiger partial charge in [0.2, 0.25) is 0 Å². The first-order chi connectivity index (χ1) is 9.59. The summed E-state index contributed by atoms with van der Waals surface area (Å²) < 4.78 is 23.0. The zero-order valence-corrected chi connectivity index (χ0v) is 13.8. The van der Waals surface area contributed by atoms with Gasteiger partial charge >= 0.3 is 0 Å². The molecule has 0 atom stereocenters. The highest BCUT2D eigenvalue weighted by atomic mass is 32.2. The molecule has 0 bridgehead atoms. The summed E-state index contributed by atoms with van der Waals surface area (Å²) in [4.78, 5) is 9.41. The molecule has 0 fully saturated rings. The van der Waals surface area contributed by atoms with Crippen molar-refractivity contribution >= 4 is 9.84 Å². The minimum Gasteiger partial charge on any atom is -0.257 e. The van der Waals surface area contributed by atoms with Crippen LogP contribution in [0.1, 0.15) is 32.2 Å². The van der Waals surface area contributed by atoms with Crippen LogP contribution in [-0.2, 0) is 15.3 Å². The van der Waals surface area contributed by atoms with Gasteiger partial charge in [-0.1, -0.05) is 32.9 Å². The van der Waals surface area contributed by atoms with Crippen LogP contribution in [0.15, 0.2) is 35.4 Å². The number of aromatic nitrogens is 2. The Kier molecular flexibility index (Phi) is 3.89. The summed E-state index contributed by atoms with van der Waals surface area (Å²) in [5.41, 5.74) is 3.40. The Morgan fingerprint density at radius 2 is 1.62 bits per heavy atom. The second kappa shape index (κ2) is 5.22. The van der Waals surface area contributed by atoms with E-state index in [1.165, 1.54) is 6.26 Å². The summed E-state index contributed by atoms with van der Waals surface area (Å²) in [6, 6.07) is 6.73. The van der Waals surface area contributed by atoms with Crippen molar-refractivity contribution in [1.29, 1.82) is 0 Å². The first-order valence-corrected chi connectivity index (χ1v) is 8.63. The summed E-state index contributed by atoms with van der Waals surface area (Å²) in [5, 5.41) is 0. The molecule has 0 unspecified atom stereocenters. The molecule has 5 heteroatoms. The molecule has 0 amide bonds. The van der Waals surface area contributed by atoms with Crippen molar-refractivity contribution in [3.8, 4) is 11.3 Å². The zero-order chi connectivity index (χ0) is 15.8. The summed E-state index contributed by atoms with van der Waals surface area (Å²) in [5.74, 6) is 0. The van der Waals surface area contributed by atoms with E-state index in [0.717, 1.165) is 22.6 Å². The second-order valence-electron chi connectivity index (χ2n) is 6.24. The molecule has 0 aliphatic carbocycles. The molecule has 0 N–H and O–H groups in total. The van der Waals surface area contributed by atoms with Crippen molar-refractivity contribution in [2.75, 3.05) is 6.26 Å². The zero-order valence-electron chi connectivity index (χ0n) is 13.0. The number of nitrogens with zero attached hydrogens (tertiary/aromatic N) is 2. The predicted molar refractivity (Wildman–Crippen MR) is 84.0 cm³/mol. The van der Waals surface area contributed by atoms with Crippen LogP contribution in [0, 0.1) is 6.92 Å². The fourth-order valence-corrected chi connectivity index (χ4v) is 2.80. The third-order valence-corrected chi connectivity index (χ3v) is 4.37. The predicted octanol–water partition coefficient (Wildman–Crippen LogP) is 3.15. The molecule has 1 heterocycles. The smallest absolute Gasteiger partial charge is 0.175 e. The molecule has 2 rings (SSSR count). The minimum absolute atomic E-state index is 0.0835.